The van der Waals surface area contributed by atoms with Crippen molar-refractivity contribution in [1.82, 2.24) is 0 Å². The first-order chi connectivity index (χ1) is 8.13. The van der Waals surface area contributed by atoms with Gasteiger partial charge in [0.1, 0.15) is 5.75 Å². The number of benzene rings is 1. The minimum atomic E-state index is -0.244. The lowest BCUT2D eigenvalue weighted by Gasteiger charge is -2.06. The number of ketones is 1. The van der Waals surface area contributed by atoms with Crippen molar-refractivity contribution in [2.24, 2.45) is 0 Å². The first kappa shape index (κ1) is 13.2. The van der Waals surface area contributed by atoms with Crippen LogP contribution in [-0.2, 0) is 9.53 Å². The Hall–Kier alpha value is -1.84. The van der Waals surface area contributed by atoms with E-state index in [-0.39, 0.29) is 11.8 Å². The minimum Gasteiger partial charge on any atom is -0.494 e. The van der Waals surface area contributed by atoms with Crippen LogP contribution in [0.5, 0.6) is 5.75 Å². The molecule has 0 radical (unpaired) electrons. The van der Waals surface area contributed by atoms with Crippen LogP contribution in [0.25, 0.3) is 0 Å². The molecule has 0 saturated heterocycles. The smallest absolute Gasteiger partial charge is 0.305 e. The van der Waals surface area contributed by atoms with Crippen molar-refractivity contribution in [1.29, 1.82) is 0 Å². The zero-order chi connectivity index (χ0) is 12.7. The van der Waals surface area contributed by atoms with E-state index in [0.29, 0.717) is 30.8 Å². The molecule has 0 unspecified atom stereocenters. The van der Waals surface area contributed by atoms with E-state index in [9.17, 15) is 9.59 Å². The van der Waals surface area contributed by atoms with Crippen LogP contribution in [0.4, 0.5) is 0 Å². The van der Waals surface area contributed by atoms with Gasteiger partial charge in [-0.2, -0.15) is 0 Å². The highest BCUT2D eigenvalue weighted by Crippen LogP contribution is 2.14. The van der Waals surface area contributed by atoms with Gasteiger partial charge in [0.05, 0.1) is 13.7 Å². The van der Waals surface area contributed by atoms with E-state index >= 15 is 0 Å². The second-order valence-corrected chi connectivity index (χ2v) is 3.61. The number of carbonyl (C=O) groups excluding carboxylic acids is 2. The highest BCUT2D eigenvalue weighted by molar-refractivity contribution is 5.94. The molecular weight excluding hydrogens is 220 g/mol. The van der Waals surface area contributed by atoms with Gasteiger partial charge in [0.15, 0.2) is 5.78 Å². The van der Waals surface area contributed by atoms with Gasteiger partial charge in [-0.1, -0.05) is 12.1 Å². The molecule has 92 valence electrons. The second kappa shape index (κ2) is 6.68. The Morgan fingerprint density at radius 1 is 1.29 bits per heavy atom. The number of rotatable bonds is 6. The van der Waals surface area contributed by atoms with Crippen molar-refractivity contribution >= 4 is 11.8 Å². The molecule has 0 atom stereocenters. The summed E-state index contributed by atoms with van der Waals surface area (Å²) >= 11 is 0. The van der Waals surface area contributed by atoms with Gasteiger partial charge in [-0.3, -0.25) is 9.59 Å². The van der Waals surface area contributed by atoms with Crippen LogP contribution in [0.2, 0.25) is 0 Å². The standard InChI is InChI=1S/C13H16O4/c1-10(14)11-5-3-6-12(9-11)17-8-4-7-13(15)16-2/h3,5-6,9H,4,7-8H2,1-2H3. The van der Waals surface area contributed by atoms with E-state index in [1.54, 1.807) is 24.3 Å². The summed E-state index contributed by atoms with van der Waals surface area (Å²) in [5, 5.41) is 0. The minimum absolute atomic E-state index is 0.00464. The quantitative estimate of drug-likeness (QED) is 0.431. The topological polar surface area (TPSA) is 52.6 Å². The highest BCUT2D eigenvalue weighted by atomic mass is 16.5. The van der Waals surface area contributed by atoms with E-state index in [4.69, 9.17) is 4.74 Å². The third-order valence-corrected chi connectivity index (χ3v) is 2.26. The first-order valence-electron chi connectivity index (χ1n) is 5.44. The molecule has 0 spiro atoms. The molecule has 0 aromatic heterocycles. The van der Waals surface area contributed by atoms with Gasteiger partial charge in [-0.05, 0) is 25.5 Å². The fourth-order valence-electron chi connectivity index (χ4n) is 1.31. The number of hydrogen-bond donors (Lipinski definition) is 0. The molecule has 1 rings (SSSR count). The largest absolute Gasteiger partial charge is 0.494 e. The van der Waals surface area contributed by atoms with E-state index < -0.39 is 0 Å². The number of carbonyl (C=O) groups is 2. The fraction of sp³-hybridized carbons (Fsp3) is 0.385. The van der Waals surface area contributed by atoms with E-state index in [1.807, 2.05) is 0 Å². The zero-order valence-corrected chi connectivity index (χ0v) is 10.1. The number of hydrogen-bond acceptors (Lipinski definition) is 4. The maximum atomic E-state index is 11.1. The Morgan fingerprint density at radius 3 is 2.71 bits per heavy atom. The molecule has 1 aromatic carbocycles. The summed E-state index contributed by atoms with van der Waals surface area (Å²) in [5.74, 6) is 0.402. The van der Waals surface area contributed by atoms with Gasteiger partial charge in [0, 0.05) is 12.0 Å². The van der Waals surface area contributed by atoms with Crippen molar-refractivity contribution in [3.8, 4) is 5.75 Å². The lowest BCUT2D eigenvalue weighted by molar-refractivity contribution is -0.140. The summed E-state index contributed by atoms with van der Waals surface area (Å²) in [6.07, 6.45) is 0.930. The number of ether oxygens (including phenoxy) is 2. The summed E-state index contributed by atoms with van der Waals surface area (Å²) in [5.41, 5.74) is 0.621. The summed E-state index contributed by atoms with van der Waals surface area (Å²) in [6.45, 7) is 1.94. The van der Waals surface area contributed by atoms with Crippen LogP contribution in [0.15, 0.2) is 24.3 Å². The highest BCUT2D eigenvalue weighted by Gasteiger charge is 2.02. The Labute approximate surface area is 101 Å². The van der Waals surface area contributed by atoms with Crippen molar-refractivity contribution in [2.45, 2.75) is 19.8 Å². The average molecular weight is 236 g/mol. The molecule has 0 amide bonds. The normalized spacial score (nSPS) is 9.76. The molecule has 0 aliphatic heterocycles. The zero-order valence-electron chi connectivity index (χ0n) is 10.1. The van der Waals surface area contributed by atoms with Gasteiger partial charge in [-0.15, -0.1) is 0 Å². The van der Waals surface area contributed by atoms with Crippen LogP contribution in [0.1, 0.15) is 30.1 Å². The summed E-state index contributed by atoms with van der Waals surface area (Å²) in [6, 6.07) is 6.99. The molecular formula is C13H16O4. The Morgan fingerprint density at radius 2 is 2.06 bits per heavy atom. The maximum absolute atomic E-state index is 11.1. The molecule has 4 nitrogen and oxygen atoms in total. The molecule has 0 heterocycles. The predicted octanol–water partition coefficient (Wildman–Crippen LogP) is 2.22. The molecule has 17 heavy (non-hydrogen) atoms. The molecule has 0 fully saturated rings. The van der Waals surface area contributed by atoms with E-state index in [1.165, 1.54) is 14.0 Å². The van der Waals surface area contributed by atoms with E-state index in [2.05, 4.69) is 4.74 Å². The molecule has 0 aliphatic carbocycles. The maximum Gasteiger partial charge on any atom is 0.305 e. The van der Waals surface area contributed by atoms with Crippen LogP contribution >= 0.6 is 0 Å². The molecule has 1 aromatic rings. The van der Waals surface area contributed by atoms with Gasteiger partial charge < -0.3 is 9.47 Å². The molecule has 0 saturated carbocycles. The van der Waals surface area contributed by atoms with Gasteiger partial charge in [-0.25, -0.2) is 0 Å². The van der Waals surface area contributed by atoms with Gasteiger partial charge in [0.25, 0.3) is 0 Å². The van der Waals surface area contributed by atoms with Crippen molar-refractivity contribution in [2.75, 3.05) is 13.7 Å². The Bertz CT molecular complexity index is 398. The van der Waals surface area contributed by atoms with Crippen LogP contribution in [0.3, 0.4) is 0 Å². The Balaban J connectivity index is 2.39. The number of methoxy groups -OCH3 is 1. The number of Topliss-reactive ketones (excluding diaryl/α,β-unsaturated/α-hetero) is 1. The van der Waals surface area contributed by atoms with Crippen molar-refractivity contribution < 1.29 is 19.1 Å². The summed E-state index contributed by atoms with van der Waals surface area (Å²) < 4.78 is 9.95. The van der Waals surface area contributed by atoms with Gasteiger partial charge in [0.2, 0.25) is 0 Å². The predicted molar refractivity (Wildman–Crippen MR) is 63.2 cm³/mol. The third-order valence-electron chi connectivity index (χ3n) is 2.26. The van der Waals surface area contributed by atoms with Crippen LogP contribution in [0, 0.1) is 0 Å². The third kappa shape index (κ3) is 4.68. The monoisotopic (exact) mass is 236 g/mol. The van der Waals surface area contributed by atoms with Crippen molar-refractivity contribution in [3.63, 3.8) is 0 Å². The lowest BCUT2D eigenvalue weighted by atomic mass is 10.1. The molecule has 0 bridgehead atoms. The summed E-state index contributed by atoms with van der Waals surface area (Å²) in [4.78, 5) is 22.0. The van der Waals surface area contributed by atoms with E-state index in [0.717, 1.165) is 0 Å². The number of esters is 1. The molecule has 4 heteroatoms. The SMILES string of the molecule is COC(=O)CCCOc1cccc(C(C)=O)c1. The van der Waals surface area contributed by atoms with Crippen LogP contribution in [-0.4, -0.2) is 25.5 Å². The Kier molecular flexibility index (Phi) is 5.20. The van der Waals surface area contributed by atoms with Gasteiger partial charge >= 0.3 is 5.97 Å². The summed E-state index contributed by atoms with van der Waals surface area (Å²) in [7, 11) is 1.36. The molecule has 0 aliphatic rings. The van der Waals surface area contributed by atoms with Crippen LogP contribution < -0.4 is 4.74 Å². The van der Waals surface area contributed by atoms with Crippen molar-refractivity contribution in [3.05, 3.63) is 29.8 Å². The first-order valence-corrected chi connectivity index (χ1v) is 5.44. The average Bonchev–Trinajstić information content (AvgIpc) is 2.34. The second-order valence-electron chi connectivity index (χ2n) is 3.61. The fourth-order valence-corrected chi connectivity index (χ4v) is 1.31. The lowest BCUT2D eigenvalue weighted by Crippen LogP contribution is -2.04. The molecule has 0 N–H and O–H groups in total.